The molecule has 2 amide bonds. The van der Waals surface area contributed by atoms with Gasteiger partial charge in [0, 0.05) is 26.2 Å². The summed E-state index contributed by atoms with van der Waals surface area (Å²) in [6, 6.07) is 3.13. The second kappa shape index (κ2) is 6.27. The average molecular weight is 359 g/mol. The van der Waals surface area contributed by atoms with Crippen molar-refractivity contribution in [1.82, 2.24) is 14.8 Å². The third-order valence-corrected chi connectivity index (χ3v) is 4.43. The minimum Gasteiger partial charge on any atom is -0.459 e. The molecule has 0 radical (unpaired) electrons. The highest BCUT2D eigenvalue weighted by molar-refractivity contribution is 7.11. The van der Waals surface area contributed by atoms with E-state index in [4.69, 9.17) is 4.42 Å². The van der Waals surface area contributed by atoms with Gasteiger partial charge in [0.25, 0.3) is 11.8 Å². The van der Waals surface area contributed by atoms with E-state index in [0.29, 0.717) is 11.3 Å². The molecule has 0 aliphatic carbocycles. The van der Waals surface area contributed by atoms with Gasteiger partial charge in [-0.2, -0.15) is 13.2 Å². The van der Waals surface area contributed by atoms with Crippen molar-refractivity contribution in [2.75, 3.05) is 26.2 Å². The number of hydrogen-bond donors (Lipinski definition) is 0. The van der Waals surface area contributed by atoms with Crippen molar-refractivity contribution in [3.05, 3.63) is 40.2 Å². The van der Waals surface area contributed by atoms with Crippen LogP contribution in [-0.4, -0.2) is 52.8 Å². The van der Waals surface area contributed by atoms with E-state index in [1.165, 1.54) is 22.1 Å². The Labute approximate surface area is 138 Å². The van der Waals surface area contributed by atoms with Crippen LogP contribution in [0.3, 0.4) is 0 Å². The van der Waals surface area contributed by atoms with E-state index in [0.717, 1.165) is 5.51 Å². The second-order valence-electron chi connectivity index (χ2n) is 5.09. The number of carbonyl (C=O) groups excluding carboxylic acids is 2. The fourth-order valence-electron chi connectivity index (χ4n) is 2.41. The van der Waals surface area contributed by atoms with Crippen LogP contribution in [-0.2, 0) is 6.18 Å². The summed E-state index contributed by atoms with van der Waals surface area (Å²) in [7, 11) is 0. The van der Waals surface area contributed by atoms with Gasteiger partial charge in [-0.3, -0.25) is 9.59 Å². The van der Waals surface area contributed by atoms with Crippen LogP contribution in [0, 0.1) is 0 Å². The molecule has 0 N–H and O–H groups in total. The Morgan fingerprint density at radius 1 is 1.12 bits per heavy atom. The highest BCUT2D eigenvalue weighted by atomic mass is 32.1. The Morgan fingerprint density at radius 2 is 1.75 bits per heavy atom. The first-order chi connectivity index (χ1) is 11.4. The number of alkyl halides is 3. The number of carbonyl (C=O) groups is 2. The van der Waals surface area contributed by atoms with Crippen LogP contribution in [0.5, 0.6) is 0 Å². The van der Waals surface area contributed by atoms with Crippen molar-refractivity contribution in [2.45, 2.75) is 6.18 Å². The van der Waals surface area contributed by atoms with E-state index in [-0.39, 0.29) is 37.8 Å². The molecule has 1 aliphatic rings. The summed E-state index contributed by atoms with van der Waals surface area (Å²) in [5.41, 5.74) is -0.154. The molecule has 2 aromatic rings. The maximum atomic E-state index is 12.8. The summed E-state index contributed by atoms with van der Waals surface area (Å²) in [5, 5.41) is 0. The van der Waals surface area contributed by atoms with Crippen LogP contribution in [0.4, 0.5) is 13.2 Å². The predicted molar refractivity (Wildman–Crippen MR) is 77.6 cm³/mol. The van der Waals surface area contributed by atoms with Crippen molar-refractivity contribution in [2.24, 2.45) is 0 Å². The van der Waals surface area contributed by atoms with E-state index >= 15 is 0 Å². The zero-order valence-corrected chi connectivity index (χ0v) is 13.1. The van der Waals surface area contributed by atoms with Crippen LogP contribution < -0.4 is 0 Å². The summed E-state index contributed by atoms with van der Waals surface area (Å²) in [6.45, 7) is 0.762. The van der Waals surface area contributed by atoms with Gasteiger partial charge >= 0.3 is 6.18 Å². The average Bonchev–Trinajstić information content (AvgIpc) is 3.24. The lowest BCUT2D eigenvalue weighted by atomic mass is 10.2. The zero-order chi connectivity index (χ0) is 17.3. The minimum atomic E-state index is -4.66. The normalized spacial score (nSPS) is 15.6. The van der Waals surface area contributed by atoms with Gasteiger partial charge in [-0.1, -0.05) is 0 Å². The van der Waals surface area contributed by atoms with E-state index in [2.05, 4.69) is 4.98 Å². The highest BCUT2D eigenvalue weighted by Gasteiger charge is 2.40. The molecule has 0 unspecified atom stereocenters. The zero-order valence-electron chi connectivity index (χ0n) is 12.2. The van der Waals surface area contributed by atoms with Crippen LogP contribution >= 0.6 is 11.3 Å². The van der Waals surface area contributed by atoms with Crippen molar-refractivity contribution in [3.63, 3.8) is 0 Å². The first kappa shape index (κ1) is 16.5. The Hall–Kier alpha value is -2.36. The van der Waals surface area contributed by atoms with E-state index in [9.17, 15) is 22.8 Å². The molecule has 128 valence electrons. The van der Waals surface area contributed by atoms with Crippen LogP contribution in [0.25, 0.3) is 0 Å². The number of piperazine rings is 1. The standard InChI is InChI=1S/C14H12F3N3O3S/c15-14(16,17)11-10(24-8-18-11)13(22)20-5-3-19(4-6-20)12(21)9-2-1-7-23-9/h1-2,7-8H,3-6H2. The smallest absolute Gasteiger partial charge is 0.434 e. The molecule has 0 atom stereocenters. The number of hydrogen-bond acceptors (Lipinski definition) is 5. The third kappa shape index (κ3) is 3.14. The minimum absolute atomic E-state index is 0.153. The number of rotatable bonds is 2. The van der Waals surface area contributed by atoms with E-state index in [1.54, 1.807) is 6.07 Å². The number of aromatic nitrogens is 1. The van der Waals surface area contributed by atoms with Crippen LogP contribution in [0.15, 0.2) is 28.3 Å². The lowest BCUT2D eigenvalue weighted by Crippen LogP contribution is -2.50. The molecule has 24 heavy (non-hydrogen) atoms. The molecular formula is C14H12F3N3O3S. The SMILES string of the molecule is O=C(c1ccco1)N1CCN(C(=O)c2scnc2C(F)(F)F)CC1. The number of furan rings is 1. The van der Waals surface area contributed by atoms with Gasteiger partial charge in [0.2, 0.25) is 0 Å². The van der Waals surface area contributed by atoms with E-state index < -0.39 is 22.7 Å². The summed E-state index contributed by atoms with van der Waals surface area (Å²) >= 11 is 0.665. The van der Waals surface area contributed by atoms with Gasteiger partial charge in [0.1, 0.15) is 4.88 Å². The van der Waals surface area contributed by atoms with Crippen LogP contribution in [0.2, 0.25) is 0 Å². The molecule has 1 fully saturated rings. The fraction of sp³-hybridized carbons (Fsp3) is 0.357. The summed E-state index contributed by atoms with van der Waals surface area (Å²) in [4.78, 5) is 30.1. The predicted octanol–water partition coefficient (Wildman–Crippen LogP) is 2.35. The largest absolute Gasteiger partial charge is 0.459 e. The Kier molecular flexibility index (Phi) is 4.31. The van der Waals surface area contributed by atoms with Crippen molar-refractivity contribution in [1.29, 1.82) is 0 Å². The summed E-state index contributed by atoms with van der Waals surface area (Å²) in [6.07, 6.45) is -3.28. The van der Waals surface area contributed by atoms with E-state index in [1.807, 2.05) is 0 Å². The molecule has 0 saturated carbocycles. The van der Waals surface area contributed by atoms with Gasteiger partial charge in [0.15, 0.2) is 11.5 Å². The number of amides is 2. The van der Waals surface area contributed by atoms with Gasteiger partial charge < -0.3 is 14.2 Å². The van der Waals surface area contributed by atoms with Gasteiger partial charge in [-0.25, -0.2) is 4.98 Å². The molecule has 6 nitrogen and oxygen atoms in total. The highest BCUT2D eigenvalue weighted by Crippen LogP contribution is 2.33. The molecule has 10 heteroatoms. The van der Waals surface area contributed by atoms with Crippen LogP contribution in [0.1, 0.15) is 25.9 Å². The lowest BCUT2D eigenvalue weighted by Gasteiger charge is -2.34. The molecule has 1 aliphatic heterocycles. The van der Waals surface area contributed by atoms with Gasteiger partial charge in [-0.05, 0) is 12.1 Å². The molecule has 0 aromatic carbocycles. The lowest BCUT2D eigenvalue weighted by molar-refractivity contribution is -0.141. The number of nitrogens with zero attached hydrogens (tertiary/aromatic N) is 3. The van der Waals surface area contributed by atoms with Crippen molar-refractivity contribution >= 4 is 23.2 Å². The molecule has 2 aromatic heterocycles. The Bertz CT molecular complexity index is 734. The Morgan fingerprint density at radius 3 is 2.29 bits per heavy atom. The number of thiazole rings is 1. The number of halogens is 3. The molecule has 0 bridgehead atoms. The van der Waals surface area contributed by atoms with Gasteiger partial charge in [-0.15, -0.1) is 11.3 Å². The van der Waals surface area contributed by atoms with Gasteiger partial charge in [0.05, 0.1) is 11.8 Å². The van der Waals surface area contributed by atoms with Crippen molar-refractivity contribution < 1.29 is 27.2 Å². The Balaban J connectivity index is 1.66. The third-order valence-electron chi connectivity index (χ3n) is 3.62. The molecule has 0 spiro atoms. The monoisotopic (exact) mass is 359 g/mol. The topological polar surface area (TPSA) is 66.7 Å². The summed E-state index contributed by atoms with van der Waals surface area (Å²) in [5.74, 6) is -0.826. The van der Waals surface area contributed by atoms with Crippen molar-refractivity contribution in [3.8, 4) is 0 Å². The molecule has 3 rings (SSSR count). The maximum absolute atomic E-state index is 12.8. The second-order valence-corrected chi connectivity index (χ2v) is 5.94. The quantitative estimate of drug-likeness (QED) is 0.826. The summed E-state index contributed by atoms with van der Waals surface area (Å²) < 4.78 is 43.6. The molecular weight excluding hydrogens is 347 g/mol. The molecule has 3 heterocycles. The first-order valence-electron chi connectivity index (χ1n) is 7.00. The maximum Gasteiger partial charge on any atom is 0.434 e. The fourth-order valence-corrected chi connectivity index (χ4v) is 3.19. The molecule has 1 saturated heterocycles. The first-order valence-corrected chi connectivity index (χ1v) is 7.88.